The molecule has 1 aliphatic heterocycles. The summed E-state index contributed by atoms with van der Waals surface area (Å²) in [6, 6.07) is 14.4. The van der Waals surface area contributed by atoms with Gasteiger partial charge in [0.1, 0.15) is 6.29 Å². The Kier molecular flexibility index (Phi) is 5.03. The standard InChI is InChI=1S/C19H21NO3/c21-14-16(13-19(22)20-7-9-23-10-8-20)11-15-5-6-17-3-1-2-4-18(17)12-15/h1-6,12,14,16H,7-11,13H2. The molecule has 120 valence electrons. The third-order valence-corrected chi connectivity index (χ3v) is 4.30. The molecule has 1 unspecified atom stereocenters. The molecule has 1 heterocycles. The smallest absolute Gasteiger partial charge is 0.223 e. The highest BCUT2D eigenvalue weighted by Crippen LogP contribution is 2.19. The van der Waals surface area contributed by atoms with Gasteiger partial charge in [0.25, 0.3) is 0 Å². The van der Waals surface area contributed by atoms with Gasteiger partial charge in [0.05, 0.1) is 13.2 Å². The zero-order valence-corrected chi connectivity index (χ0v) is 13.1. The summed E-state index contributed by atoms with van der Waals surface area (Å²) in [5, 5.41) is 2.34. The molecule has 0 saturated carbocycles. The van der Waals surface area contributed by atoms with Crippen LogP contribution in [0.15, 0.2) is 42.5 Å². The highest BCUT2D eigenvalue weighted by Gasteiger charge is 2.21. The number of morpholine rings is 1. The van der Waals surface area contributed by atoms with Crippen molar-refractivity contribution in [3.05, 3.63) is 48.0 Å². The minimum Gasteiger partial charge on any atom is -0.378 e. The molecule has 0 aromatic heterocycles. The molecule has 0 radical (unpaired) electrons. The Balaban J connectivity index is 1.65. The van der Waals surface area contributed by atoms with Gasteiger partial charge in [-0.3, -0.25) is 4.79 Å². The van der Waals surface area contributed by atoms with Crippen LogP contribution in [0.25, 0.3) is 10.8 Å². The minimum absolute atomic E-state index is 0.0474. The van der Waals surface area contributed by atoms with Crippen LogP contribution in [0.2, 0.25) is 0 Å². The van der Waals surface area contributed by atoms with Gasteiger partial charge in [-0.15, -0.1) is 0 Å². The number of carbonyl (C=O) groups excluding carboxylic acids is 2. The zero-order chi connectivity index (χ0) is 16.1. The summed E-state index contributed by atoms with van der Waals surface area (Å²) in [5.74, 6) is -0.224. The van der Waals surface area contributed by atoms with Crippen LogP contribution in [-0.4, -0.2) is 43.4 Å². The summed E-state index contributed by atoms with van der Waals surface area (Å²) < 4.78 is 5.25. The third kappa shape index (κ3) is 3.96. The minimum atomic E-state index is -0.272. The molecule has 1 saturated heterocycles. The molecule has 1 amide bonds. The number of rotatable bonds is 5. The fraction of sp³-hybridized carbons (Fsp3) is 0.368. The Morgan fingerprint density at radius 2 is 1.87 bits per heavy atom. The number of fused-ring (bicyclic) bond motifs is 1. The number of carbonyl (C=O) groups is 2. The maximum Gasteiger partial charge on any atom is 0.223 e. The quantitative estimate of drug-likeness (QED) is 0.797. The fourth-order valence-corrected chi connectivity index (χ4v) is 3.00. The van der Waals surface area contributed by atoms with E-state index in [1.54, 1.807) is 4.90 Å². The molecule has 23 heavy (non-hydrogen) atoms. The van der Waals surface area contributed by atoms with E-state index < -0.39 is 0 Å². The second kappa shape index (κ2) is 7.38. The van der Waals surface area contributed by atoms with Gasteiger partial charge in [0, 0.05) is 25.4 Å². The maximum atomic E-state index is 12.3. The summed E-state index contributed by atoms with van der Waals surface area (Å²) >= 11 is 0. The van der Waals surface area contributed by atoms with Crippen molar-refractivity contribution in [1.29, 1.82) is 0 Å². The second-order valence-corrected chi connectivity index (χ2v) is 5.98. The number of nitrogens with zero attached hydrogens (tertiary/aromatic N) is 1. The molecule has 4 nitrogen and oxygen atoms in total. The Hall–Kier alpha value is -2.20. The maximum absolute atomic E-state index is 12.3. The van der Waals surface area contributed by atoms with E-state index in [0.29, 0.717) is 32.7 Å². The van der Waals surface area contributed by atoms with Gasteiger partial charge in [-0.2, -0.15) is 0 Å². The SMILES string of the molecule is O=CC(CC(=O)N1CCOCC1)Cc1ccc2ccccc2c1. The van der Waals surface area contributed by atoms with Gasteiger partial charge in [0.15, 0.2) is 0 Å². The lowest BCUT2D eigenvalue weighted by atomic mass is 9.95. The summed E-state index contributed by atoms with van der Waals surface area (Å²) in [6.45, 7) is 2.42. The van der Waals surface area contributed by atoms with Crippen molar-refractivity contribution < 1.29 is 14.3 Å². The van der Waals surface area contributed by atoms with Crippen molar-refractivity contribution in [3.63, 3.8) is 0 Å². The molecular formula is C19H21NO3. The molecule has 3 rings (SSSR count). The van der Waals surface area contributed by atoms with Crippen LogP contribution in [0.4, 0.5) is 0 Å². The van der Waals surface area contributed by atoms with Crippen molar-refractivity contribution in [3.8, 4) is 0 Å². The molecule has 0 bridgehead atoms. The van der Waals surface area contributed by atoms with E-state index in [1.807, 2.05) is 18.2 Å². The Bertz CT molecular complexity index is 692. The van der Waals surface area contributed by atoms with E-state index in [2.05, 4.69) is 24.3 Å². The molecular weight excluding hydrogens is 290 g/mol. The van der Waals surface area contributed by atoms with E-state index in [1.165, 1.54) is 5.39 Å². The first-order chi connectivity index (χ1) is 11.3. The van der Waals surface area contributed by atoms with Crippen LogP contribution in [0.3, 0.4) is 0 Å². The van der Waals surface area contributed by atoms with Crippen LogP contribution in [0.5, 0.6) is 0 Å². The van der Waals surface area contributed by atoms with Crippen LogP contribution >= 0.6 is 0 Å². The highest BCUT2D eigenvalue weighted by atomic mass is 16.5. The molecule has 1 fully saturated rings. The molecule has 1 atom stereocenters. The van der Waals surface area contributed by atoms with E-state index >= 15 is 0 Å². The van der Waals surface area contributed by atoms with Gasteiger partial charge < -0.3 is 14.4 Å². The third-order valence-electron chi connectivity index (χ3n) is 4.30. The number of benzene rings is 2. The lowest BCUT2D eigenvalue weighted by Crippen LogP contribution is -2.41. The Morgan fingerprint density at radius 1 is 1.13 bits per heavy atom. The van der Waals surface area contributed by atoms with Crippen LogP contribution < -0.4 is 0 Å². The highest BCUT2D eigenvalue weighted by molar-refractivity contribution is 5.83. The van der Waals surface area contributed by atoms with Crippen molar-refractivity contribution >= 4 is 23.0 Å². The molecule has 0 spiro atoms. The van der Waals surface area contributed by atoms with Gasteiger partial charge in [-0.1, -0.05) is 42.5 Å². The fourth-order valence-electron chi connectivity index (χ4n) is 3.00. The van der Waals surface area contributed by atoms with Crippen molar-refractivity contribution in [2.45, 2.75) is 12.8 Å². The topological polar surface area (TPSA) is 46.6 Å². The molecule has 0 N–H and O–H groups in total. The first kappa shape index (κ1) is 15.7. The molecule has 1 aliphatic rings. The van der Waals surface area contributed by atoms with E-state index in [-0.39, 0.29) is 18.2 Å². The van der Waals surface area contributed by atoms with Gasteiger partial charge in [-0.05, 0) is 22.8 Å². The summed E-state index contributed by atoms with van der Waals surface area (Å²) in [6.07, 6.45) is 1.79. The number of hydrogen-bond donors (Lipinski definition) is 0. The molecule has 2 aromatic carbocycles. The molecule has 0 aliphatic carbocycles. The monoisotopic (exact) mass is 311 g/mol. The van der Waals surface area contributed by atoms with Crippen LogP contribution in [0, 0.1) is 5.92 Å². The predicted molar refractivity (Wildman–Crippen MR) is 89.2 cm³/mol. The summed E-state index contributed by atoms with van der Waals surface area (Å²) in [4.78, 5) is 25.5. The normalized spacial score (nSPS) is 16.3. The van der Waals surface area contributed by atoms with Gasteiger partial charge in [0.2, 0.25) is 5.91 Å². The lowest BCUT2D eigenvalue weighted by Gasteiger charge is -2.27. The average molecular weight is 311 g/mol. The Morgan fingerprint density at radius 3 is 2.61 bits per heavy atom. The van der Waals surface area contributed by atoms with Gasteiger partial charge in [-0.25, -0.2) is 0 Å². The first-order valence-corrected chi connectivity index (χ1v) is 8.05. The van der Waals surface area contributed by atoms with Crippen LogP contribution in [0.1, 0.15) is 12.0 Å². The first-order valence-electron chi connectivity index (χ1n) is 8.05. The van der Waals surface area contributed by atoms with E-state index in [9.17, 15) is 9.59 Å². The van der Waals surface area contributed by atoms with E-state index in [4.69, 9.17) is 4.74 Å². The predicted octanol–water partition coefficient (Wildman–Crippen LogP) is 2.45. The number of hydrogen-bond acceptors (Lipinski definition) is 3. The van der Waals surface area contributed by atoms with Gasteiger partial charge >= 0.3 is 0 Å². The lowest BCUT2D eigenvalue weighted by molar-refractivity contribution is -0.137. The average Bonchev–Trinajstić information content (AvgIpc) is 2.61. The number of amides is 1. The van der Waals surface area contributed by atoms with Crippen molar-refractivity contribution in [1.82, 2.24) is 4.90 Å². The van der Waals surface area contributed by atoms with Crippen LogP contribution in [-0.2, 0) is 20.7 Å². The number of aldehydes is 1. The summed E-state index contributed by atoms with van der Waals surface area (Å²) in [7, 11) is 0. The van der Waals surface area contributed by atoms with Crippen molar-refractivity contribution in [2.75, 3.05) is 26.3 Å². The summed E-state index contributed by atoms with van der Waals surface area (Å²) in [5.41, 5.74) is 1.09. The van der Waals surface area contributed by atoms with E-state index in [0.717, 1.165) is 17.2 Å². The number of ether oxygens (including phenoxy) is 1. The second-order valence-electron chi connectivity index (χ2n) is 5.98. The van der Waals surface area contributed by atoms with Crippen molar-refractivity contribution in [2.24, 2.45) is 5.92 Å². The molecule has 4 heteroatoms. The largest absolute Gasteiger partial charge is 0.378 e. The zero-order valence-electron chi connectivity index (χ0n) is 13.1. The Labute approximate surface area is 136 Å². The molecule has 2 aromatic rings.